The van der Waals surface area contributed by atoms with Crippen LogP contribution in [-0.4, -0.2) is 52.4 Å². The quantitative estimate of drug-likeness (QED) is 0.247. The summed E-state index contributed by atoms with van der Waals surface area (Å²) in [4.78, 5) is 44.6. The number of aryl methyl sites for hydroxylation is 2. The van der Waals surface area contributed by atoms with Gasteiger partial charge in [-0.25, -0.2) is 0 Å². The van der Waals surface area contributed by atoms with E-state index in [-0.39, 0.29) is 30.0 Å². The monoisotopic (exact) mass is 639 g/mol. The van der Waals surface area contributed by atoms with Crippen molar-refractivity contribution < 1.29 is 9.59 Å². The normalized spacial score (nSPS) is 26.5. The smallest absolute Gasteiger partial charge is 0.254 e. The van der Waals surface area contributed by atoms with Crippen LogP contribution in [0, 0.1) is 49.9 Å². The third-order valence-corrected chi connectivity index (χ3v) is 12.5. The summed E-state index contributed by atoms with van der Waals surface area (Å²) in [6, 6.07) is 10.4. The Morgan fingerprint density at radius 1 is 0.979 bits per heavy atom. The fourth-order valence-electron chi connectivity index (χ4n) is 10.7. The molecule has 3 N–H and O–H groups in total. The predicted octanol–water partition coefficient (Wildman–Crippen LogP) is 6.18. The molecule has 4 saturated carbocycles. The number of likely N-dealkylation sites (tertiary alicyclic amines) is 1. The number of pyridine rings is 1. The van der Waals surface area contributed by atoms with Crippen molar-refractivity contribution in [2.45, 2.75) is 98.1 Å². The first-order valence-electron chi connectivity index (χ1n) is 18.2. The summed E-state index contributed by atoms with van der Waals surface area (Å²) < 4.78 is 2.36. The first-order chi connectivity index (χ1) is 22.6. The Hall–Kier alpha value is -3.39. The number of hydrogen-bond acceptors (Lipinski definition) is 4. The van der Waals surface area contributed by atoms with Crippen LogP contribution in [0.3, 0.4) is 0 Å². The van der Waals surface area contributed by atoms with Gasteiger partial charge in [-0.1, -0.05) is 18.2 Å². The van der Waals surface area contributed by atoms with Crippen LogP contribution in [0.2, 0.25) is 0 Å². The van der Waals surface area contributed by atoms with Crippen LogP contribution < -0.4 is 16.2 Å². The molecule has 5 fully saturated rings. The molecule has 4 aliphatic carbocycles. The number of hydrogen-bond donors (Lipinski definition) is 3. The Bertz CT molecular complexity index is 1680. The number of nitrogens with zero attached hydrogens (tertiary/aromatic N) is 2. The predicted molar refractivity (Wildman–Crippen MR) is 186 cm³/mol. The first kappa shape index (κ1) is 32.2. The van der Waals surface area contributed by atoms with Gasteiger partial charge in [0.15, 0.2) is 0 Å². The molecule has 3 heterocycles. The van der Waals surface area contributed by atoms with Gasteiger partial charge in [0.1, 0.15) is 0 Å². The third-order valence-electron chi connectivity index (χ3n) is 12.5. The molecule has 1 aromatic carbocycles. The number of fused-ring (bicyclic) bond motifs is 1. The summed E-state index contributed by atoms with van der Waals surface area (Å²) in [6.45, 7) is 12.0. The molecular formula is C39H53N5O3. The van der Waals surface area contributed by atoms with Crippen LogP contribution >= 0.6 is 0 Å². The minimum absolute atomic E-state index is 0.149. The highest BCUT2D eigenvalue weighted by Gasteiger charge is 2.51. The number of amides is 2. The number of H-pyrrole nitrogens is 1. The second-order valence-electron chi connectivity index (χ2n) is 15.8. The second kappa shape index (κ2) is 12.9. The number of aromatic amines is 1. The summed E-state index contributed by atoms with van der Waals surface area (Å²) in [7, 11) is 0. The number of benzene rings is 1. The first-order valence-corrected chi connectivity index (χ1v) is 18.2. The van der Waals surface area contributed by atoms with Crippen LogP contribution in [-0.2, 0) is 11.3 Å². The molecule has 4 bridgehead atoms. The zero-order valence-electron chi connectivity index (χ0n) is 28.8. The van der Waals surface area contributed by atoms with E-state index in [4.69, 9.17) is 0 Å². The molecule has 0 spiro atoms. The average molecular weight is 640 g/mol. The number of rotatable bonds is 10. The number of nitrogens with one attached hydrogen (secondary N) is 3. The minimum Gasteiger partial charge on any atom is -0.355 e. The molecule has 47 heavy (non-hydrogen) atoms. The van der Waals surface area contributed by atoms with Crippen LogP contribution in [0.5, 0.6) is 0 Å². The van der Waals surface area contributed by atoms with E-state index in [1.807, 2.05) is 38.1 Å². The van der Waals surface area contributed by atoms with Crippen molar-refractivity contribution in [3.8, 4) is 0 Å². The highest BCUT2D eigenvalue weighted by molar-refractivity contribution is 6.08. The standard InChI is InChI=1S/C39H53N5O3/c1-24-15-25(2)42-37(46)33(24)23-41-38(47)36-27(4)44(34-8-6-5-7-32(34)36)26(3)31-9-12-43(13-10-31)14-11-40-35(45)22-39-19-28-16-29(20-39)18-30(17-28)21-39/h5-8,15,26,28-31H,9-14,16-23H2,1-4H3,(H,40,45)(H,41,47)(H,42,46)/t26-,28?,29?,30?,39?/m0/s1. The SMILES string of the molecule is Cc1cc(C)c(CNC(=O)c2c(C)n([C@@H](C)C3CCN(CCNC(=O)CC45CC6CC(CC(C6)C4)C5)CC3)c3ccccc23)c(=O)[nH]1. The molecule has 8 nitrogen and oxygen atoms in total. The van der Waals surface area contributed by atoms with E-state index in [2.05, 4.69) is 45.0 Å². The maximum atomic E-state index is 13.7. The lowest BCUT2D eigenvalue weighted by Gasteiger charge is -2.56. The van der Waals surface area contributed by atoms with Gasteiger partial charge in [0.2, 0.25) is 5.91 Å². The number of aromatic nitrogens is 2. The van der Waals surface area contributed by atoms with E-state index in [9.17, 15) is 14.4 Å². The van der Waals surface area contributed by atoms with Crippen LogP contribution in [0.25, 0.3) is 10.9 Å². The minimum atomic E-state index is -0.151. The van der Waals surface area contributed by atoms with Crippen LogP contribution in [0.15, 0.2) is 35.1 Å². The van der Waals surface area contributed by atoms with Gasteiger partial charge in [0.05, 0.1) is 5.56 Å². The lowest BCUT2D eigenvalue weighted by molar-refractivity contribution is -0.129. The summed E-state index contributed by atoms with van der Waals surface area (Å²) in [6.07, 6.45) is 11.0. The van der Waals surface area contributed by atoms with E-state index in [1.54, 1.807) is 0 Å². The largest absolute Gasteiger partial charge is 0.355 e. The molecule has 1 atom stereocenters. The molecule has 3 aromatic rings. The van der Waals surface area contributed by atoms with Crippen molar-refractivity contribution >= 4 is 22.7 Å². The van der Waals surface area contributed by atoms with Gasteiger partial charge in [-0.2, -0.15) is 0 Å². The molecule has 8 heteroatoms. The van der Waals surface area contributed by atoms with Crippen molar-refractivity contribution in [3.63, 3.8) is 0 Å². The summed E-state index contributed by atoms with van der Waals surface area (Å²) in [5.74, 6) is 3.27. The topological polar surface area (TPSA) is 99.2 Å². The summed E-state index contributed by atoms with van der Waals surface area (Å²) in [5, 5.41) is 7.29. The van der Waals surface area contributed by atoms with Gasteiger partial charge in [-0.15, -0.1) is 0 Å². The zero-order valence-corrected chi connectivity index (χ0v) is 28.8. The summed E-state index contributed by atoms with van der Waals surface area (Å²) >= 11 is 0. The Kier molecular flexibility index (Phi) is 8.83. The third kappa shape index (κ3) is 6.42. The molecule has 5 aliphatic rings. The van der Waals surface area contributed by atoms with Crippen molar-refractivity contribution in [2.75, 3.05) is 26.2 Å². The van der Waals surface area contributed by atoms with Gasteiger partial charge < -0.3 is 25.1 Å². The van der Waals surface area contributed by atoms with Crippen molar-refractivity contribution in [1.29, 1.82) is 0 Å². The van der Waals surface area contributed by atoms with Gasteiger partial charge in [0.25, 0.3) is 11.5 Å². The van der Waals surface area contributed by atoms with Crippen LogP contribution in [0.1, 0.15) is 104 Å². The molecule has 8 rings (SSSR count). The maximum absolute atomic E-state index is 13.7. The highest BCUT2D eigenvalue weighted by Crippen LogP contribution is 2.61. The Balaban J connectivity index is 0.940. The molecule has 2 aromatic heterocycles. The fraction of sp³-hybridized carbons (Fsp3) is 0.615. The fourth-order valence-corrected chi connectivity index (χ4v) is 10.7. The van der Waals surface area contributed by atoms with E-state index in [1.165, 1.54) is 38.5 Å². The molecule has 252 valence electrons. The Morgan fingerprint density at radius 3 is 2.30 bits per heavy atom. The molecule has 2 amide bonds. The number of carbonyl (C=O) groups excluding carboxylic acids is 2. The Labute approximate surface area is 279 Å². The maximum Gasteiger partial charge on any atom is 0.254 e. The lowest BCUT2D eigenvalue weighted by atomic mass is 9.49. The summed E-state index contributed by atoms with van der Waals surface area (Å²) in [5.41, 5.74) is 5.17. The van der Waals surface area contributed by atoms with Crippen molar-refractivity contribution in [1.82, 2.24) is 25.1 Å². The highest BCUT2D eigenvalue weighted by atomic mass is 16.2. The van der Waals surface area contributed by atoms with E-state index in [0.717, 1.165) is 91.0 Å². The lowest BCUT2D eigenvalue weighted by Crippen LogP contribution is -2.48. The van der Waals surface area contributed by atoms with Gasteiger partial charge >= 0.3 is 0 Å². The number of piperidine rings is 1. The number of carbonyl (C=O) groups is 2. The molecule has 0 radical (unpaired) electrons. The number of para-hydroxylation sites is 1. The van der Waals surface area contributed by atoms with Gasteiger partial charge in [-0.05, 0) is 139 Å². The van der Waals surface area contributed by atoms with Crippen molar-refractivity contribution in [3.05, 3.63) is 68.8 Å². The van der Waals surface area contributed by atoms with E-state index in [0.29, 0.717) is 22.5 Å². The average Bonchev–Trinajstić information content (AvgIpc) is 3.31. The molecule has 0 unspecified atom stereocenters. The molecule has 1 aliphatic heterocycles. The van der Waals surface area contributed by atoms with Gasteiger partial charge in [-0.3, -0.25) is 14.4 Å². The molecule has 1 saturated heterocycles. The van der Waals surface area contributed by atoms with Crippen molar-refractivity contribution in [2.24, 2.45) is 29.1 Å². The van der Waals surface area contributed by atoms with E-state index < -0.39 is 0 Å². The zero-order chi connectivity index (χ0) is 32.9. The second-order valence-corrected chi connectivity index (χ2v) is 15.8. The van der Waals surface area contributed by atoms with E-state index >= 15 is 0 Å². The van der Waals surface area contributed by atoms with Crippen LogP contribution in [0.4, 0.5) is 0 Å². The Morgan fingerprint density at radius 2 is 1.64 bits per heavy atom. The molecular weight excluding hydrogens is 586 g/mol. The van der Waals surface area contributed by atoms with Gasteiger partial charge in [0, 0.05) is 60.0 Å².